The number of carbonyl (C=O) groups excluding carboxylic acids is 1. The van der Waals surface area contributed by atoms with Crippen molar-refractivity contribution < 1.29 is 9.18 Å². The van der Waals surface area contributed by atoms with Crippen LogP contribution in [0, 0.1) is 0 Å². The number of nitrogens with one attached hydrogen (secondary N) is 2. The normalized spacial score (nSPS) is 12.0. The predicted octanol–water partition coefficient (Wildman–Crippen LogP) is 2.42. The van der Waals surface area contributed by atoms with Gasteiger partial charge in [-0.25, -0.2) is 9.37 Å². The molecule has 3 aromatic heterocycles. The second kappa shape index (κ2) is 6.59. The van der Waals surface area contributed by atoms with Crippen molar-refractivity contribution in [1.29, 1.82) is 0 Å². The maximum Gasteiger partial charge on any atom is 0.257 e. The Morgan fingerprint density at radius 1 is 1.32 bits per heavy atom. The number of anilines is 1. The Kier molecular flexibility index (Phi) is 4.21. The number of hydrogen-bond acceptors (Lipinski definition) is 5. The lowest BCUT2D eigenvalue weighted by Crippen LogP contribution is -2.40. The number of pyridine rings is 1. The number of benzene rings is 1. The molecule has 0 spiro atoms. The van der Waals surface area contributed by atoms with Gasteiger partial charge in [0.1, 0.15) is 11.3 Å². The second-order valence-corrected chi connectivity index (χ2v) is 7.08. The van der Waals surface area contributed by atoms with Gasteiger partial charge in [0.25, 0.3) is 5.91 Å². The van der Waals surface area contributed by atoms with Gasteiger partial charge in [0, 0.05) is 29.9 Å². The number of nitrogens with two attached hydrogens (primary N) is 1. The quantitative estimate of drug-likeness (QED) is 0.491. The van der Waals surface area contributed by atoms with E-state index in [2.05, 4.69) is 25.6 Å². The Morgan fingerprint density at radius 3 is 2.86 bits per heavy atom. The molecule has 0 aliphatic carbocycles. The molecule has 28 heavy (non-hydrogen) atoms. The van der Waals surface area contributed by atoms with Gasteiger partial charge in [-0.3, -0.25) is 14.6 Å². The number of fused-ring (bicyclic) bond motifs is 3. The first-order chi connectivity index (χ1) is 13.3. The zero-order chi connectivity index (χ0) is 19.9. The van der Waals surface area contributed by atoms with E-state index in [-0.39, 0.29) is 6.54 Å². The fourth-order valence-electron chi connectivity index (χ4n) is 3.02. The first-order valence-corrected chi connectivity index (χ1v) is 8.86. The van der Waals surface area contributed by atoms with Gasteiger partial charge in [-0.2, -0.15) is 10.2 Å². The third-order valence-electron chi connectivity index (χ3n) is 4.51. The van der Waals surface area contributed by atoms with E-state index in [0.29, 0.717) is 12.4 Å². The van der Waals surface area contributed by atoms with Gasteiger partial charge in [0.15, 0.2) is 5.67 Å². The number of aromatic amines is 1. The van der Waals surface area contributed by atoms with Crippen molar-refractivity contribution in [1.82, 2.24) is 30.3 Å². The van der Waals surface area contributed by atoms with Crippen LogP contribution in [-0.2, 0) is 11.3 Å². The lowest BCUT2D eigenvalue weighted by Gasteiger charge is -2.13. The SMILES string of the molecule is CC(C)(F)C(=O)NCCn1cc2c(N)nc3cc(-c4ccn[nH]4)ccc3c2n1. The molecule has 0 fully saturated rings. The number of nitrogens with zero attached hydrogens (tertiary/aromatic N) is 4. The van der Waals surface area contributed by atoms with E-state index in [0.717, 1.165) is 33.1 Å². The molecule has 144 valence electrons. The van der Waals surface area contributed by atoms with Gasteiger partial charge in [-0.15, -0.1) is 0 Å². The predicted molar refractivity (Wildman–Crippen MR) is 105 cm³/mol. The van der Waals surface area contributed by atoms with Crippen molar-refractivity contribution in [3.8, 4) is 11.3 Å². The molecule has 0 aliphatic rings. The second-order valence-electron chi connectivity index (χ2n) is 7.08. The van der Waals surface area contributed by atoms with E-state index in [9.17, 15) is 9.18 Å². The van der Waals surface area contributed by atoms with Crippen molar-refractivity contribution in [3.05, 3.63) is 36.7 Å². The van der Waals surface area contributed by atoms with E-state index >= 15 is 0 Å². The van der Waals surface area contributed by atoms with Gasteiger partial charge in [0.05, 0.1) is 23.1 Å². The molecule has 4 aromatic rings. The average molecular weight is 381 g/mol. The molecule has 9 heteroatoms. The van der Waals surface area contributed by atoms with Crippen LogP contribution in [0.5, 0.6) is 0 Å². The monoisotopic (exact) mass is 381 g/mol. The number of carbonyl (C=O) groups is 1. The lowest BCUT2D eigenvalue weighted by atomic mass is 10.1. The molecule has 4 N–H and O–H groups in total. The molecular formula is C19H20FN7O. The fraction of sp³-hybridized carbons (Fsp3) is 0.263. The summed E-state index contributed by atoms with van der Waals surface area (Å²) in [5.41, 5.74) is 7.53. The zero-order valence-electron chi connectivity index (χ0n) is 15.5. The molecule has 1 amide bonds. The number of nitrogen functional groups attached to an aromatic ring is 1. The highest BCUT2D eigenvalue weighted by molar-refractivity contribution is 6.08. The van der Waals surface area contributed by atoms with Crippen molar-refractivity contribution in [2.45, 2.75) is 26.1 Å². The van der Waals surface area contributed by atoms with E-state index in [1.165, 1.54) is 13.8 Å². The van der Waals surface area contributed by atoms with E-state index in [1.807, 2.05) is 24.3 Å². The number of alkyl halides is 1. The summed E-state index contributed by atoms with van der Waals surface area (Å²) in [5.74, 6) is -0.272. The van der Waals surface area contributed by atoms with Gasteiger partial charge in [-0.05, 0) is 32.0 Å². The van der Waals surface area contributed by atoms with Crippen molar-refractivity contribution >= 4 is 33.5 Å². The summed E-state index contributed by atoms with van der Waals surface area (Å²) >= 11 is 0. The van der Waals surface area contributed by atoms with Crippen molar-refractivity contribution in [3.63, 3.8) is 0 Å². The number of hydrogen-bond donors (Lipinski definition) is 3. The maximum absolute atomic E-state index is 13.6. The van der Waals surface area contributed by atoms with Crippen LogP contribution in [0.2, 0.25) is 0 Å². The Labute approximate surface area is 159 Å². The van der Waals surface area contributed by atoms with Crippen LogP contribution in [0.4, 0.5) is 10.2 Å². The Morgan fingerprint density at radius 2 is 2.14 bits per heavy atom. The Bertz CT molecular complexity index is 1160. The summed E-state index contributed by atoms with van der Waals surface area (Å²) in [4.78, 5) is 16.1. The third kappa shape index (κ3) is 3.26. The lowest BCUT2D eigenvalue weighted by molar-refractivity contribution is -0.130. The Hall–Kier alpha value is -3.49. The van der Waals surface area contributed by atoms with Gasteiger partial charge in [-0.1, -0.05) is 6.07 Å². The van der Waals surface area contributed by atoms with E-state index in [1.54, 1.807) is 17.1 Å². The van der Waals surface area contributed by atoms with E-state index < -0.39 is 11.6 Å². The van der Waals surface area contributed by atoms with Crippen LogP contribution in [0.3, 0.4) is 0 Å². The topological polar surface area (TPSA) is 115 Å². The van der Waals surface area contributed by atoms with Crippen LogP contribution in [0.25, 0.3) is 33.1 Å². The summed E-state index contributed by atoms with van der Waals surface area (Å²) in [7, 11) is 0. The molecule has 0 atom stereocenters. The molecule has 0 radical (unpaired) electrons. The molecular weight excluding hydrogens is 361 g/mol. The standard InChI is InChI=1S/C19H20FN7O/c1-19(2,20)18(28)22-7-8-27-10-13-16(26-27)12-4-3-11(14-5-6-23-25-14)9-15(12)24-17(13)21/h3-6,9-10H,7-8H2,1-2H3,(H2,21,24)(H,22,28)(H,23,25). The minimum atomic E-state index is -1.91. The van der Waals surface area contributed by atoms with E-state index in [4.69, 9.17) is 5.73 Å². The highest BCUT2D eigenvalue weighted by atomic mass is 19.1. The van der Waals surface area contributed by atoms with Crippen LogP contribution < -0.4 is 11.1 Å². The maximum atomic E-state index is 13.6. The first-order valence-electron chi connectivity index (χ1n) is 8.86. The summed E-state index contributed by atoms with van der Waals surface area (Å²) in [6.07, 6.45) is 3.47. The van der Waals surface area contributed by atoms with Crippen molar-refractivity contribution in [2.24, 2.45) is 0 Å². The zero-order valence-corrected chi connectivity index (χ0v) is 15.5. The van der Waals surface area contributed by atoms with Gasteiger partial charge in [0.2, 0.25) is 0 Å². The van der Waals surface area contributed by atoms with Crippen LogP contribution in [0.1, 0.15) is 13.8 Å². The fourth-order valence-corrected chi connectivity index (χ4v) is 3.02. The summed E-state index contributed by atoms with van der Waals surface area (Å²) in [6, 6.07) is 7.73. The molecule has 0 saturated heterocycles. The smallest absolute Gasteiger partial charge is 0.257 e. The first kappa shape index (κ1) is 17.9. The summed E-state index contributed by atoms with van der Waals surface area (Å²) < 4.78 is 15.2. The van der Waals surface area contributed by atoms with Gasteiger partial charge < -0.3 is 11.1 Å². The molecule has 0 aliphatic heterocycles. The van der Waals surface area contributed by atoms with Crippen LogP contribution in [0.15, 0.2) is 36.7 Å². The molecule has 1 aromatic carbocycles. The average Bonchev–Trinajstić information content (AvgIpc) is 3.31. The Balaban J connectivity index is 1.64. The minimum absolute atomic E-state index is 0.259. The number of H-pyrrole nitrogens is 1. The van der Waals surface area contributed by atoms with Crippen LogP contribution in [-0.4, -0.2) is 43.1 Å². The molecule has 0 bridgehead atoms. The number of rotatable bonds is 5. The molecule has 3 heterocycles. The molecule has 8 nitrogen and oxygen atoms in total. The summed E-state index contributed by atoms with van der Waals surface area (Å²) in [5, 5.41) is 15.6. The minimum Gasteiger partial charge on any atom is -0.383 e. The molecule has 0 unspecified atom stereocenters. The number of amides is 1. The largest absolute Gasteiger partial charge is 0.383 e. The highest BCUT2D eigenvalue weighted by Crippen LogP contribution is 2.29. The van der Waals surface area contributed by atoms with Gasteiger partial charge >= 0.3 is 0 Å². The van der Waals surface area contributed by atoms with Crippen molar-refractivity contribution in [2.75, 3.05) is 12.3 Å². The summed E-state index contributed by atoms with van der Waals surface area (Å²) in [6.45, 7) is 3.10. The number of aromatic nitrogens is 5. The highest BCUT2D eigenvalue weighted by Gasteiger charge is 2.25. The van der Waals surface area contributed by atoms with Crippen LogP contribution >= 0.6 is 0 Å². The third-order valence-corrected chi connectivity index (χ3v) is 4.51. The number of halogens is 1. The molecule has 0 saturated carbocycles. The molecule has 4 rings (SSSR count).